The first-order chi connectivity index (χ1) is 9.72. The number of rotatable bonds is 4. The van der Waals surface area contributed by atoms with Crippen molar-refractivity contribution in [2.75, 3.05) is 11.4 Å². The molecule has 1 aromatic rings. The smallest absolute Gasteiger partial charge is 0.228 e. The Labute approximate surface area is 118 Å². The number of anilines is 1. The Kier molecular flexibility index (Phi) is 3.58. The molecule has 1 aliphatic carbocycles. The summed E-state index contributed by atoms with van der Waals surface area (Å²) in [6, 6.07) is 8.44. The van der Waals surface area contributed by atoms with E-state index in [0.29, 0.717) is 25.0 Å². The summed E-state index contributed by atoms with van der Waals surface area (Å²) in [5.74, 6) is 0.706. The van der Waals surface area contributed by atoms with Crippen molar-refractivity contribution >= 4 is 17.6 Å². The zero-order valence-corrected chi connectivity index (χ0v) is 11.5. The largest absolute Gasteiger partial charge is 0.370 e. The molecule has 0 bridgehead atoms. The summed E-state index contributed by atoms with van der Waals surface area (Å²) >= 11 is 0. The summed E-state index contributed by atoms with van der Waals surface area (Å²) in [6.45, 7) is 1.36. The fraction of sp³-hybridized carbons (Fsp3) is 0.467. The van der Waals surface area contributed by atoms with Gasteiger partial charge < -0.3 is 16.0 Å². The first-order valence-electron chi connectivity index (χ1n) is 7.18. The van der Waals surface area contributed by atoms with E-state index < -0.39 is 0 Å². The predicted molar refractivity (Wildman–Crippen MR) is 79.5 cm³/mol. The minimum Gasteiger partial charge on any atom is -0.370 e. The molecule has 1 saturated carbocycles. The zero-order valence-electron chi connectivity index (χ0n) is 11.5. The SMILES string of the molecule is NC(=NCc1cccc(N2CCC2=O)c1)NC1CCC1. The van der Waals surface area contributed by atoms with Crippen molar-refractivity contribution in [1.82, 2.24) is 5.32 Å². The molecule has 3 N–H and O–H groups in total. The highest BCUT2D eigenvalue weighted by Gasteiger charge is 2.25. The van der Waals surface area contributed by atoms with Crippen LogP contribution in [0.3, 0.4) is 0 Å². The quantitative estimate of drug-likeness (QED) is 0.494. The third kappa shape index (κ3) is 2.76. The molecule has 2 aliphatic rings. The maximum Gasteiger partial charge on any atom is 0.228 e. The third-order valence-electron chi connectivity index (χ3n) is 3.96. The van der Waals surface area contributed by atoms with E-state index in [-0.39, 0.29) is 5.91 Å². The van der Waals surface area contributed by atoms with Crippen LogP contribution in [0.1, 0.15) is 31.2 Å². The Hall–Kier alpha value is -2.04. The number of aliphatic imine (C=N–C) groups is 1. The van der Waals surface area contributed by atoms with E-state index >= 15 is 0 Å². The van der Waals surface area contributed by atoms with E-state index in [2.05, 4.69) is 10.3 Å². The molecule has 1 amide bonds. The van der Waals surface area contributed by atoms with Crippen molar-refractivity contribution in [2.24, 2.45) is 10.7 Å². The van der Waals surface area contributed by atoms with Crippen LogP contribution in [-0.2, 0) is 11.3 Å². The topological polar surface area (TPSA) is 70.7 Å². The maximum absolute atomic E-state index is 11.4. The van der Waals surface area contributed by atoms with Crippen LogP contribution in [0, 0.1) is 0 Å². The first kappa shape index (κ1) is 13.0. The number of nitrogens with one attached hydrogen (secondary N) is 1. The molecule has 5 nitrogen and oxygen atoms in total. The highest BCUT2D eigenvalue weighted by atomic mass is 16.2. The van der Waals surface area contributed by atoms with Crippen molar-refractivity contribution < 1.29 is 4.79 Å². The summed E-state index contributed by atoms with van der Waals surface area (Å²) in [6.07, 6.45) is 4.29. The van der Waals surface area contributed by atoms with E-state index in [4.69, 9.17) is 5.73 Å². The van der Waals surface area contributed by atoms with Crippen molar-refractivity contribution in [3.63, 3.8) is 0 Å². The number of β-lactam (4-membered cyclic amide) rings is 1. The van der Waals surface area contributed by atoms with E-state index in [1.807, 2.05) is 24.3 Å². The summed E-state index contributed by atoms with van der Waals surface area (Å²) in [7, 11) is 0. The lowest BCUT2D eigenvalue weighted by atomic mass is 9.93. The van der Waals surface area contributed by atoms with Gasteiger partial charge in [-0.3, -0.25) is 4.79 Å². The molecular weight excluding hydrogens is 252 g/mol. The van der Waals surface area contributed by atoms with Crippen LogP contribution in [0.15, 0.2) is 29.3 Å². The normalized spacial score (nSPS) is 19.5. The fourth-order valence-electron chi connectivity index (χ4n) is 2.39. The molecule has 0 radical (unpaired) electrons. The van der Waals surface area contributed by atoms with Crippen LogP contribution in [0.25, 0.3) is 0 Å². The average molecular weight is 272 g/mol. The van der Waals surface area contributed by atoms with E-state index in [0.717, 1.165) is 17.8 Å². The first-order valence-corrected chi connectivity index (χ1v) is 7.18. The number of hydrogen-bond acceptors (Lipinski definition) is 2. The number of amides is 1. The number of nitrogens with zero attached hydrogens (tertiary/aromatic N) is 2. The summed E-state index contributed by atoms with van der Waals surface area (Å²) < 4.78 is 0. The lowest BCUT2D eigenvalue weighted by Gasteiger charge is -2.30. The van der Waals surface area contributed by atoms with Crippen LogP contribution in [0.2, 0.25) is 0 Å². The van der Waals surface area contributed by atoms with Crippen molar-refractivity contribution in [2.45, 2.75) is 38.3 Å². The Morgan fingerprint density at radius 1 is 1.45 bits per heavy atom. The molecule has 1 heterocycles. The fourth-order valence-corrected chi connectivity index (χ4v) is 2.39. The molecule has 3 rings (SSSR count). The zero-order chi connectivity index (χ0) is 13.9. The summed E-state index contributed by atoms with van der Waals surface area (Å²) in [5, 5.41) is 3.22. The van der Waals surface area contributed by atoms with Crippen LogP contribution in [0.4, 0.5) is 5.69 Å². The summed E-state index contributed by atoms with van der Waals surface area (Å²) in [4.78, 5) is 17.6. The molecule has 0 spiro atoms. The molecule has 0 atom stereocenters. The van der Waals surface area contributed by atoms with Gasteiger partial charge in [-0.25, -0.2) is 4.99 Å². The molecule has 0 unspecified atom stereocenters. The van der Waals surface area contributed by atoms with Crippen molar-refractivity contribution in [3.05, 3.63) is 29.8 Å². The van der Waals surface area contributed by atoms with E-state index in [9.17, 15) is 4.79 Å². The van der Waals surface area contributed by atoms with Gasteiger partial charge in [-0.05, 0) is 37.0 Å². The minimum absolute atomic E-state index is 0.191. The van der Waals surface area contributed by atoms with Gasteiger partial charge >= 0.3 is 0 Å². The van der Waals surface area contributed by atoms with Gasteiger partial charge in [-0.1, -0.05) is 12.1 Å². The second kappa shape index (κ2) is 5.53. The Balaban J connectivity index is 1.60. The van der Waals surface area contributed by atoms with Crippen LogP contribution >= 0.6 is 0 Å². The number of guanidine groups is 1. The lowest BCUT2D eigenvalue weighted by molar-refractivity contribution is -0.122. The molecule has 1 aromatic carbocycles. The van der Waals surface area contributed by atoms with Gasteiger partial charge in [0.25, 0.3) is 0 Å². The van der Waals surface area contributed by atoms with Gasteiger partial charge in [0, 0.05) is 24.7 Å². The highest BCUT2D eigenvalue weighted by Crippen LogP contribution is 2.23. The van der Waals surface area contributed by atoms with E-state index in [1.54, 1.807) is 4.90 Å². The Bertz CT molecular complexity index is 536. The van der Waals surface area contributed by atoms with Gasteiger partial charge in [-0.2, -0.15) is 0 Å². The van der Waals surface area contributed by atoms with Gasteiger partial charge in [0.05, 0.1) is 6.54 Å². The van der Waals surface area contributed by atoms with Gasteiger partial charge in [-0.15, -0.1) is 0 Å². The van der Waals surface area contributed by atoms with Crippen LogP contribution in [0.5, 0.6) is 0 Å². The lowest BCUT2D eigenvalue weighted by Crippen LogP contribution is -2.43. The number of carbonyl (C=O) groups excluding carboxylic acids is 1. The van der Waals surface area contributed by atoms with Crippen LogP contribution in [-0.4, -0.2) is 24.5 Å². The number of hydrogen-bond donors (Lipinski definition) is 2. The second-order valence-corrected chi connectivity index (χ2v) is 5.44. The third-order valence-corrected chi connectivity index (χ3v) is 3.96. The van der Waals surface area contributed by atoms with Crippen molar-refractivity contribution in [3.8, 4) is 0 Å². The number of benzene rings is 1. The molecule has 5 heteroatoms. The maximum atomic E-state index is 11.4. The Morgan fingerprint density at radius 3 is 2.90 bits per heavy atom. The second-order valence-electron chi connectivity index (χ2n) is 5.44. The minimum atomic E-state index is 0.191. The monoisotopic (exact) mass is 272 g/mol. The predicted octanol–water partition coefficient (Wildman–Crippen LogP) is 1.38. The number of carbonyl (C=O) groups is 1. The molecule has 106 valence electrons. The van der Waals surface area contributed by atoms with Gasteiger partial charge in [0.2, 0.25) is 5.91 Å². The van der Waals surface area contributed by atoms with Crippen LogP contribution < -0.4 is 16.0 Å². The van der Waals surface area contributed by atoms with Gasteiger partial charge in [0.1, 0.15) is 0 Å². The molecule has 1 saturated heterocycles. The molecule has 20 heavy (non-hydrogen) atoms. The molecule has 2 fully saturated rings. The molecule has 1 aliphatic heterocycles. The molecular formula is C15H20N4O. The molecule has 0 aromatic heterocycles. The summed E-state index contributed by atoms with van der Waals surface area (Å²) in [5.41, 5.74) is 7.89. The van der Waals surface area contributed by atoms with E-state index in [1.165, 1.54) is 19.3 Å². The Morgan fingerprint density at radius 2 is 2.30 bits per heavy atom. The standard InChI is InChI=1S/C15H20N4O/c16-15(18-12-4-2-5-12)17-10-11-3-1-6-13(9-11)19-8-7-14(19)20/h1,3,6,9,12H,2,4-5,7-8,10H2,(H3,16,17,18). The number of nitrogens with two attached hydrogens (primary N) is 1. The highest BCUT2D eigenvalue weighted by molar-refractivity contribution is 5.99. The van der Waals surface area contributed by atoms with Crippen molar-refractivity contribution in [1.29, 1.82) is 0 Å². The van der Waals surface area contributed by atoms with Gasteiger partial charge in [0.15, 0.2) is 5.96 Å². The average Bonchev–Trinajstić information content (AvgIpc) is 2.39.